The highest BCUT2D eigenvalue weighted by Crippen LogP contribution is 2.22. The Morgan fingerprint density at radius 3 is 2.65 bits per heavy atom. The Morgan fingerprint density at radius 1 is 1.30 bits per heavy atom. The van der Waals surface area contributed by atoms with Gasteiger partial charge in [-0.25, -0.2) is 18.4 Å². The van der Waals surface area contributed by atoms with E-state index in [2.05, 4.69) is 22.2 Å². The molecule has 1 atom stereocenters. The van der Waals surface area contributed by atoms with E-state index in [9.17, 15) is 8.42 Å². The molecule has 1 aliphatic heterocycles. The smallest absolute Gasteiger partial charge is 0.246 e. The maximum absolute atomic E-state index is 12.5. The molecular weight excluding hydrogens is 276 g/mol. The second-order valence-electron chi connectivity index (χ2n) is 5.21. The molecule has 1 fully saturated rings. The average molecular weight is 298 g/mol. The Labute approximate surface area is 120 Å². The molecule has 0 spiro atoms. The van der Waals surface area contributed by atoms with Crippen molar-refractivity contribution in [2.24, 2.45) is 5.92 Å². The molecule has 1 N–H and O–H groups in total. The maximum atomic E-state index is 12.5. The van der Waals surface area contributed by atoms with Crippen LogP contribution in [0.25, 0.3) is 0 Å². The number of anilines is 1. The quantitative estimate of drug-likeness (QED) is 0.916. The van der Waals surface area contributed by atoms with Crippen molar-refractivity contribution in [1.82, 2.24) is 14.3 Å². The second-order valence-corrected chi connectivity index (χ2v) is 7.15. The third kappa shape index (κ3) is 3.46. The lowest BCUT2D eigenvalue weighted by Crippen LogP contribution is -2.32. The average Bonchev–Trinajstić information content (AvgIpc) is 2.65. The monoisotopic (exact) mass is 298 g/mol. The summed E-state index contributed by atoms with van der Waals surface area (Å²) in [5.74, 6) is 1.04. The molecule has 0 bridgehead atoms. The second kappa shape index (κ2) is 6.49. The van der Waals surface area contributed by atoms with Crippen molar-refractivity contribution in [2.45, 2.75) is 38.0 Å². The molecule has 2 rings (SSSR count). The number of aromatic nitrogens is 2. The largest absolute Gasteiger partial charge is 0.355 e. The highest BCUT2D eigenvalue weighted by atomic mass is 32.2. The van der Waals surface area contributed by atoms with Gasteiger partial charge in [0, 0.05) is 19.6 Å². The van der Waals surface area contributed by atoms with Crippen LogP contribution in [0.3, 0.4) is 0 Å². The fourth-order valence-corrected chi connectivity index (χ4v) is 3.71. The van der Waals surface area contributed by atoms with E-state index < -0.39 is 10.0 Å². The molecule has 0 amide bonds. The number of nitrogens with zero attached hydrogens (tertiary/aromatic N) is 3. The predicted molar refractivity (Wildman–Crippen MR) is 78.0 cm³/mol. The summed E-state index contributed by atoms with van der Waals surface area (Å²) in [7, 11) is -3.46. The molecule has 0 aromatic carbocycles. The van der Waals surface area contributed by atoms with Gasteiger partial charge in [0.05, 0.1) is 12.4 Å². The van der Waals surface area contributed by atoms with E-state index in [0.29, 0.717) is 31.5 Å². The van der Waals surface area contributed by atoms with Crippen molar-refractivity contribution < 1.29 is 8.42 Å². The van der Waals surface area contributed by atoms with Gasteiger partial charge in [0.2, 0.25) is 16.0 Å². The minimum absolute atomic E-state index is 0.175. The summed E-state index contributed by atoms with van der Waals surface area (Å²) >= 11 is 0. The van der Waals surface area contributed by atoms with Gasteiger partial charge >= 0.3 is 0 Å². The van der Waals surface area contributed by atoms with Gasteiger partial charge in [-0.2, -0.15) is 4.31 Å². The van der Waals surface area contributed by atoms with Crippen LogP contribution in [0.1, 0.15) is 33.1 Å². The van der Waals surface area contributed by atoms with Gasteiger partial charge in [0.1, 0.15) is 4.90 Å². The summed E-state index contributed by atoms with van der Waals surface area (Å²) in [6.07, 6.45) is 5.68. The Hall–Kier alpha value is -1.21. The minimum Gasteiger partial charge on any atom is -0.355 e. The third-order valence-corrected chi connectivity index (χ3v) is 5.43. The van der Waals surface area contributed by atoms with E-state index in [1.54, 1.807) is 4.31 Å². The summed E-state index contributed by atoms with van der Waals surface area (Å²) in [4.78, 5) is 8.25. The first kappa shape index (κ1) is 15.2. The van der Waals surface area contributed by atoms with Crippen LogP contribution in [0.4, 0.5) is 5.95 Å². The summed E-state index contributed by atoms with van der Waals surface area (Å²) in [5.41, 5.74) is 0. The lowest BCUT2D eigenvalue weighted by atomic mass is 10.0. The zero-order valence-corrected chi connectivity index (χ0v) is 12.9. The molecule has 0 aliphatic carbocycles. The Morgan fingerprint density at radius 2 is 2.00 bits per heavy atom. The topological polar surface area (TPSA) is 75.2 Å². The molecule has 112 valence electrons. The highest BCUT2D eigenvalue weighted by Gasteiger charge is 2.27. The SMILES string of the molecule is CCNc1ncc(S(=O)(=O)N2CCCC(C)CC2)cn1. The minimum atomic E-state index is -3.46. The van der Waals surface area contributed by atoms with Crippen molar-refractivity contribution in [1.29, 1.82) is 0 Å². The molecule has 7 heteroatoms. The molecule has 2 heterocycles. The van der Waals surface area contributed by atoms with E-state index in [-0.39, 0.29) is 4.90 Å². The van der Waals surface area contributed by atoms with Crippen LogP contribution in [0.5, 0.6) is 0 Å². The molecule has 1 unspecified atom stereocenters. The van der Waals surface area contributed by atoms with Gasteiger partial charge < -0.3 is 5.32 Å². The summed E-state index contributed by atoms with van der Waals surface area (Å²) in [6, 6.07) is 0. The van der Waals surface area contributed by atoms with Crippen LogP contribution in [0.15, 0.2) is 17.3 Å². The van der Waals surface area contributed by atoms with Gasteiger partial charge in [-0.15, -0.1) is 0 Å². The molecule has 20 heavy (non-hydrogen) atoms. The van der Waals surface area contributed by atoms with Gasteiger partial charge in [0.15, 0.2) is 0 Å². The molecule has 1 aliphatic rings. The Bertz CT molecular complexity index is 530. The fraction of sp³-hybridized carbons (Fsp3) is 0.692. The van der Waals surface area contributed by atoms with Crippen LogP contribution >= 0.6 is 0 Å². The van der Waals surface area contributed by atoms with Crippen molar-refractivity contribution in [3.63, 3.8) is 0 Å². The van der Waals surface area contributed by atoms with Crippen LogP contribution in [0.2, 0.25) is 0 Å². The van der Waals surface area contributed by atoms with Crippen LogP contribution < -0.4 is 5.32 Å². The highest BCUT2D eigenvalue weighted by molar-refractivity contribution is 7.89. The lowest BCUT2D eigenvalue weighted by Gasteiger charge is -2.19. The number of sulfonamides is 1. The molecule has 1 aromatic heterocycles. The standard InChI is InChI=1S/C13H22N4O2S/c1-3-14-13-15-9-12(10-16-13)20(18,19)17-7-4-5-11(2)6-8-17/h9-11H,3-8H2,1-2H3,(H,14,15,16). The van der Waals surface area contributed by atoms with Crippen molar-refractivity contribution in [3.8, 4) is 0 Å². The van der Waals surface area contributed by atoms with Crippen molar-refractivity contribution in [2.75, 3.05) is 25.0 Å². The fourth-order valence-electron chi connectivity index (χ4n) is 2.32. The zero-order chi connectivity index (χ0) is 14.6. The van der Waals surface area contributed by atoms with Gasteiger partial charge in [-0.3, -0.25) is 0 Å². The lowest BCUT2D eigenvalue weighted by molar-refractivity contribution is 0.416. The zero-order valence-electron chi connectivity index (χ0n) is 12.0. The number of rotatable bonds is 4. The van der Waals surface area contributed by atoms with Gasteiger partial charge in [0.25, 0.3) is 0 Å². The third-order valence-electron chi connectivity index (χ3n) is 3.58. The first-order valence-electron chi connectivity index (χ1n) is 7.10. The molecule has 1 aromatic rings. The number of hydrogen-bond donors (Lipinski definition) is 1. The van der Waals surface area contributed by atoms with E-state index >= 15 is 0 Å². The van der Waals surface area contributed by atoms with Crippen molar-refractivity contribution >= 4 is 16.0 Å². The summed E-state index contributed by atoms with van der Waals surface area (Å²) in [6.45, 7) is 5.98. The van der Waals surface area contributed by atoms with Crippen molar-refractivity contribution in [3.05, 3.63) is 12.4 Å². The van der Waals surface area contributed by atoms with E-state index in [4.69, 9.17) is 0 Å². The molecule has 6 nitrogen and oxygen atoms in total. The Balaban J connectivity index is 2.16. The maximum Gasteiger partial charge on any atom is 0.246 e. The summed E-state index contributed by atoms with van der Waals surface area (Å²) < 4.78 is 26.6. The normalized spacial score (nSPS) is 21.4. The number of hydrogen-bond acceptors (Lipinski definition) is 5. The van der Waals surface area contributed by atoms with E-state index in [0.717, 1.165) is 19.3 Å². The van der Waals surface area contributed by atoms with Crippen LogP contribution in [-0.2, 0) is 10.0 Å². The van der Waals surface area contributed by atoms with E-state index in [1.165, 1.54) is 12.4 Å². The molecular formula is C13H22N4O2S. The molecule has 1 saturated heterocycles. The first-order chi connectivity index (χ1) is 9.54. The van der Waals surface area contributed by atoms with Gasteiger partial charge in [-0.1, -0.05) is 6.92 Å². The van der Waals surface area contributed by atoms with E-state index in [1.807, 2.05) is 6.92 Å². The van der Waals surface area contributed by atoms with Crippen LogP contribution in [0, 0.1) is 5.92 Å². The van der Waals surface area contributed by atoms with Gasteiger partial charge in [-0.05, 0) is 32.1 Å². The first-order valence-corrected chi connectivity index (χ1v) is 8.54. The molecule has 0 saturated carbocycles. The summed E-state index contributed by atoms with van der Waals surface area (Å²) in [5, 5.41) is 2.95. The molecule has 0 radical (unpaired) electrons. The predicted octanol–water partition coefficient (Wildman–Crippen LogP) is 1.72. The number of nitrogens with one attached hydrogen (secondary N) is 1. The Kier molecular flexibility index (Phi) is 4.93. The van der Waals surface area contributed by atoms with Crippen LogP contribution in [-0.4, -0.2) is 42.3 Å².